The SMILES string of the molecule is CCCNc1cc(Oc2ccc(C)cc2)nc(CCC)n1. The van der Waals surface area contributed by atoms with Crippen molar-refractivity contribution in [1.82, 2.24) is 9.97 Å². The minimum atomic E-state index is 0.593. The van der Waals surface area contributed by atoms with Crippen LogP contribution < -0.4 is 10.1 Å². The van der Waals surface area contributed by atoms with Crippen LogP contribution in [0.3, 0.4) is 0 Å². The number of benzene rings is 1. The predicted octanol–water partition coefficient (Wildman–Crippen LogP) is 4.35. The average Bonchev–Trinajstić information content (AvgIpc) is 2.48. The summed E-state index contributed by atoms with van der Waals surface area (Å²) in [4.78, 5) is 8.99. The zero-order valence-corrected chi connectivity index (χ0v) is 13.0. The molecule has 0 fully saturated rings. The molecule has 2 rings (SSSR count). The summed E-state index contributed by atoms with van der Waals surface area (Å²) in [5.74, 6) is 3.04. The molecule has 0 amide bonds. The van der Waals surface area contributed by atoms with Gasteiger partial charge in [0.2, 0.25) is 5.88 Å². The summed E-state index contributed by atoms with van der Waals surface area (Å²) in [5.41, 5.74) is 1.21. The normalized spacial score (nSPS) is 10.4. The molecular formula is C17H23N3O. The van der Waals surface area contributed by atoms with Gasteiger partial charge in [0.15, 0.2) is 0 Å². The number of aryl methyl sites for hydroxylation is 2. The number of anilines is 1. The van der Waals surface area contributed by atoms with Crippen molar-refractivity contribution in [1.29, 1.82) is 0 Å². The van der Waals surface area contributed by atoms with E-state index < -0.39 is 0 Å². The Morgan fingerprint density at radius 1 is 1.05 bits per heavy atom. The summed E-state index contributed by atoms with van der Waals surface area (Å²) in [7, 11) is 0. The Hall–Kier alpha value is -2.10. The lowest BCUT2D eigenvalue weighted by Crippen LogP contribution is -2.06. The number of rotatable bonds is 7. The van der Waals surface area contributed by atoms with Crippen molar-refractivity contribution >= 4 is 5.82 Å². The van der Waals surface area contributed by atoms with Crippen LogP contribution in [-0.4, -0.2) is 16.5 Å². The number of hydrogen-bond acceptors (Lipinski definition) is 4. The molecule has 0 aliphatic heterocycles. The Labute approximate surface area is 126 Å². The summed E-state index contributed by atoms with van der Waals surface area (Å²) in [6.45, 7) is 7.20. The number of ether oxygens (including phenoxy) is 1. The Morgan fingerprint density at radius 2 is 1.81 bits per heavy atom. The van der Waals surface area contributed by atoms with E-state index in [1.165, 1.54) is 5.56 Å². The number of aromatic nitrogens is 2. The minimum absolute atomic E-state index is 0.593. The van der Waals surface area contributed by atoms with E-state index in [0.29, 0.717) is 5.88 Å². The predicted molar refractivity (Wildman–Crippen MR) is 86.1 cm³/mol. The molecule has 0 radical (unpaired) electrons. The van der Waals surface area contributed by atoms with Crippen LogP contribution in [0.4, 0.5) is 5.82 Å². The molecule has 1 N–H and O–H groups in total. The third kappa shape index (κ3) is 4.74. The van der Waals surface area contributed by atoms with E-state index in [2.05, 4.69) is 36.1 Å². The fourth-order valence-electron chi connectivity index (χ4n) is 1.93. The molecule has 0 bridgehead atoms. The second-order valence-corrected chi connectivity index (χ2v) is 5.10. The lowest BCUT2D eigenvalue weighted by molar-refractivity contribution is 0.458. The molecule has 0 saturated carbocycles. The minimum Gasteiger partial charge on any atom is -0.439 e. The van der Waals surface area contributed by atoms with Crippen LogP contribution in [-0.2, 0) is 6.42 Å². The van der Waals surface area contributed by atoms with E-state index >= 15 is 0 Å². The highest BCUT2D eigenvalue weighted by atomic mass is 16.5. The van der Waals surface area contributed by atoms with Crippen molar-refractivity contribution in [3.05, 3.63) is 41.7 Å². The molecule has 0 atom stereocenters. The highest BCUT2D eigenvalue weighted by molar-refractivity contribution is 5.40. The monoisotopic (exact) mass is 285 g/mol. The second-order valence-electron chi connectivity index (χ2n) is 5.10. The van der Waals surface area contributed by atoms with Gasteiger partial charge in [-0.3, -0.25) is 0 Å². The van der Waals surface area contributed by atoms with E-state index in [4.69, 9.17) is 4.74 Å². The molecule has 1 aromatic heterocycles. The van der Waals surface area contributed by atoms with Gasteiger partial charge < -0.3 is 10.1 Å². The molecule has 0 aliphatic rings. The quantitative estimate of drug-likeness (QED) is 0.821. The fourth-order valence-corrected chi connectivity index (χ4v) is 1.93. The van der Waals surface area contributed by atoms with Gasteiger partial charge in [0.1, 0.15) is 17.4 Å². The number of hydrogen-bond donors (Lipinski definition) is 1. The first-order chi connectivity index (χ1) is 10.2. The molecule has 4 nitrogen and oxygen atoms in total. The van der Waals surface area contributed by atoms with Crippen molar-refractivity contribution in [3.63, 3.8) is 0 Å². The van der Waals surface area contributed by atoms with Crippen molar-refractivity contribution < 1.29 is 4.74 Å². The van der Waals surface area contributed by atoms with Gasteiger partial charge in [-0.25, -0.2) is 4.98 Å². The molecule has 1 aromatic carbocycles. The van der Waals surface area contributed by atoms with E-state index in [-0.39, 0.29) is 0 Å². The largest absolute Gasteiger partial charge is 0.439 e. The van der Waals surface area contributed by atoms with Gasteiger partial charge in [-0.2, -0.15) is 4.98 Å². The summed E-state index contributed by atoms with van der Waals surface area (Å²) in [5, 5.41) is 3.30. The summed E-state index contributed by atoms with van der Waals surface area (Å²) in [6.07, 6.45) is 2.92. The Morgan fingerprint density at radius 3 is 2.48 bits per heavy atom. The maximum atomic E-state index is 5.85. The van der Waals surface area contributed by atoms with Gasteiger partial charge >= 0.3 is 0 Å². The van der Waals surface area contributed by atoms with Gasteiger partial charge in [-0.15, -0.1) is 0 Å². The van der Waals surface area contributed by atoms with Gasteiger partial charge in [0.25, 0.3) is 0 Å². The first-order valence-electron chi connectivity index (χ1n) is 7.57. The average molecular weight is 285 g/mol. The molecule has 2 aromatic rings. The summed E-state index contributed by atoms with van der Waals surface area (Å²) < 4.78 is 5.85. The maximum absolute atomic E-state index is 5.85. The molecule has 21 heavy (non-hydrogen) atoms. The van der Waals surface area contributed by atoms with Crippen LogP contribution in [0.5, 0.6) is 11.6 Å². The van der Waals surface area contributed by atoms with Crippen LogP contribution in [0, 0.1) is 6.92 Å². The van der Waals surface area contributed by atoms with E-state index in [0.717, 1.165) is 43.2 Å². The lowest BCUT2D eigenvalue weighted by atomic mass is 10.2. The fraction of sp³-hybridized carbons (Fsp3) is 0.412. The first-order valence-corrected chi connectivity index (χ1v) is 7.57. The molecular weight excluding hydrogens is 262 g/mol. The topological polar surface area (TPSA) is 47.0 Å². The molecule has 0 saturated heterocycles. The van der Waals surface area contributed by atoms with Crippen molar-refractivity contribution in [2.75, 3.05) is 11.9 Å². The van der Waals surface area contributed by atoms with E-state index in [1.54, 1.807) is 0 Å². The highest BCUT2D eigenvalue weighted by Gasteiger charge is 2.06. The van der Waals surface area contributed by atoms with Crippen LogP contribution in [0.2, 0.25) is 0 Å². The molecule has 0 unspecified atom stereocenters. The molecule has 4 heteroatoms. The molecule has 0 aliphatic carbocycles. The van der Waals surface area contributed by atoms with Crippen molar-refractivity contribution in [2.45, 2.75) is 40.0 Å². The summed E-state index contributed by atoms with van der Waals surface area (Å²) in [6, 6.07) is 9.82. The van der Waals surface area contributed by atoms with Crippen LogP contribution in [0.1, 0.15) is 38.1 Å². The van der Waals surface area contributed by atoms with Crippen LogP contribution in [0.25, 0.3) is 0 Å². The zero-order valence-electron chi connectivity index (χ0n) is 13.0. The van der Waals surface area contributed by atoms with Crippen LogP contribution in [0.15, 0.2) is 30.3 Å². The van der Waals surface area contributed by atoms with E-state index in [9.17, 15) is 0 Å². The van der Waals surface area contributed by atoms with Gasteiger partial charge in [-0.05, 0) is 31.9 Å². The van der Waals surface area contributed by atoms with Gasteiger partial charge in [0, 0.05) is 19.0 Å². The molecule has 112 valence electrons. The first kappa shape index (κ1) is 15.3. The van der Waals surface area contributed by atoms with Crippen LogP contribution >= 0.6 is 0 Å². The third-order valence-corrected chi connectivity index (χ3v) is 3.02. The Kier molecular flexibility index (Phi) is 5.55. The van der Waals surface area contributed by atoms with Gasteiger partial charge in [0.05, 0.1) is 0 Å². The van der Waals surface area contributed by atoms with E-state index in [1.807, 2.05) is 30.3 Å². The lowest BCUT2D eigenvalue weighted by Gasteiger charge is -2.10. The smallest absolute Gasteiger partial charge is 0.224 e. The highest BCUT2D eigenvalue weighted by Crippen LogP contribution is 2.22. The Bertz CT molecular complexity index is 567. The van der Waals surface area contributed by atoms with Crippen molar-refractivity contribution in [3.8, 4) is 11.6 Å². The second kappa shape index (κ2) is 7.62. The number of nitrogens with one attached hydrogen (secondary N) is 1. The van der Waals surface area contributed by atoms with Crippen molar-refractivity contribution in [2.24, 2.45) is 0 Å². The maximum Gasteiger partial charge on any atom is 0.224 e. The molecule has 0 spiro atoms. The van der Waals surface area contributed by atoms with Gasteiger partial charge in [-0.1, -0.05) is 31.5 Å². The number of nitrogens with zero attached hydrogens (tertiary/aromatic N) is 2. The molecule has 1 heterocycles. The summed E-state index contributed by atoms with van der Waals surface area (Å²) >= 11 is 0. The standard InChI is InChI=1S/C17H23N3O/c1-4-6-15-19-16(18-11-5-2)12-17(20-15)21-14-9-7-13(3)8-10-14/h7-10,12H,4-6,11H2,1-3H3,(H,18,19,20). The third-order valence-electron chi connectivity index (χ3n) is 3.02. The zero-order chi connectivity index (χ0) is 15.1. The Balaban J connectivity index is 2.19.